The Kier molecular flexibility index (Phi) is 5.46. The number of rotatable bonds is 0. The quantitative estimate of drug-likeness (QED) is 0.110. The van der Waals surface area contributed by atoms with Crippen molar-refractivity contribution in [2.75, 3.05) is 0 Å². The number of hydrogen-bond acceptors (Lipinski definition) is 0. The lowest BCUT2D eigenvalue weighted by Gasteiger charge is -2.39. The van der Waals surface area contributed by atoms with Crippen molar-refractivity contribution < 1.29 is 0 Å². The topological polar surface area (TPSA) is 0 Å². The molecule has 8 unspecified atom stereocenters. The van der Waals surface area contributed by atoms with Crippen molar-refractivity contribution in [2.24, 2.45) is 47.3 Å². The summed E-state index contributed by atoms with van der Waals surface area (Å²) in [6.45, 7) is 0. The summed E-state index contributed by atoms with van der Waals surface area (Å²) in [7, 11) is 0. The Bertz CT molecular complexity index is 2230. The normalized spacial score (nSPS) is 45.1. The van der Waals surface area contributed by atoms with E-state index in [4.69, 9.17) is 0 Å². The fourth-order valence-electron chi connectivity index (χ4n) is 20.8. The minimum absolute atomic E-state index is 0.807. The Morgan fingerprint density at radius 1 is 0.214 bits per heavy atom. The van der Waals surface area contributed by atoms with Crippen LogP contribution in [-0.4, -0.2) is 0 Å². The summed E-state index contributed by atoms with van der Waals surface area (Å²) in [6, 6.07) is 11.9. The third kappa shape index (κ3) is 3.64. The van der Waals surface area contributed by atoms with Crippen LogP contribution in [0.1, 0.15) is 220 Å². The van der Waals surface area contributed by atoms with Gasteiger partial charge in [0, 0.05) is 0 Å². The van der Waals surface area contributed by atoms with E-state index in [1.165, 1.54) is 103 Å². The van der Waals surface area contributed by atoms with Crippen molar-refractivity contribution in [1.29, 1.82) is 0 Å². The highest BCUT2D eigenvalue weighted by Gasteiger charge is 2.50. The van der Waals surface area contributed by atoms with E-state index in [0.29, 0.717) is 0 Å². The highest BCUT2D eigenvalue weighted by Crippen LogP contribution is 2.67. The summed E-state index contributed by atoms with van der Waals surface area (Å²) in [5.41, 5.74) is 15.4. The van der Waals surface area contributed by atoms with Gasteiger partial charge in [-0.15, -0.1) is 0 Å². The Morgan fingerprint density at radius 2 is 0.411 bits per heavy atom. The standard InChI is InChI=1S/C56H60/c1-25-5-33-6-26(1)14-37(13-25)49-41(33)21-45-46-23-43-35-9-29-3-30(10-35)18-39(17-29)51(43)56-52-40-19-31-4-32(20-40)12-36(11-31)44(52)24-48(54(46)56)47-22-42-34-7-27-2-28(8-34)16-38(15-27)50(42)55(49)53(45)47/h21-40H,1-20H2. The molecule has 284 valence electrons. The largest absolute Gasteiger partial charge is 0.0499 e. The Morgan fingerprint density at radius 3 is 0.625 bits per heavy atom. The Labute approximate surface area is 333 Å². The second-order valence-electron chi connectivity index (χ2n) is 24.4. The number of fused-ring (bicyclic) bond motifs is 2. The lowest BCUT2D eigenvalue weighted by molar-refractivity contribution is 0.165. The third-order valence-electron chi connectivity index (χ3n) is 21.6. The Hall–Kier alpha value is -2.60. The van der Waals surface area contributed by atoms with E-state index in [1.54, 1.807) is 58.0 Å². The average Bonchev–Trinajstić information content (AvgIpc) is 3.63. The van der Waals surface area contributed by atoms with Gasteiger partial charge in [0.25, 0.3) is 0 Å². The molecule has 0 spiro atoms. The van der Waals surface area contributed by atoms with Gasteiger partial charge in [-0.05, 0) is 335 Å². The molecule has 21 rings (SSSR count). The molecule has 0 amide bonds. The van der Waals surface area contributed by atoms with Crippen LogP contribution < -0.4 is 0 Å². The molecule has 16 aliphatic rings. The molecular weight excluding hydrogens is 673 g/mol. The lowest BCUT2D eigenvalue weighted by atomic mass is 9.66. The molecule has 5 aromatic carbocycles. The van der Waals surface area contributed by atoms with Crippen LogP contribution in [-0.2, 0) is 0 Å². The molecule has 0 heterocycles. The summed E-state index contributed by atoms with van der Waals surface area (Å²) in [4.78, 5) is 0. The first-order chi connectivity index (χ1) is 27.6. The van der Waals surface area contributed by atoms with Crippen LogP contribution >= 0.6 is 0 Å². The summed E-state index contributed by atoms with van der Waals surface area (Å²) in [6.07, 6.45) is 30.1. The van der Waals surface area contributed by atoms with Crippen LogP contribution in [0.25, 0.3) is 43.1 Å². The van der Waals surface area contributed by atoms with Gasteiger partial charge >= 0.3 is 0 Å². The van der Waals surface area contributed by atoms with Crippen LogP contribution in [0.15, 0.2) is 24.3 Å². The molecule has 16 aliphatic carbocycles. The van der Waals surface area contributed by atoms with Crippen LogP contribution in [0, 0.1) is 47.3 Å². The van der Waals surface area contributed by atoms with E-state index in [0.717, 1.165) is 94.7 Å². The fraction of sp³-hybridized carbons (Fsp3) is 0.643. The second kappa shape index (κ2) is 10.0. The van der Waals surface area contributed by atoms with E-state index in [9.17, 15) is 0 Å². The summed E-state index contributed by atoms with van der Waals surface area (Å²) in [5.74, 6) is 14.3. The molecule has 8 saturated carbocycles. The van der Waals surface area contributed by atoms with Gasteiger partial charge in [0.1, 0.15) is 0 Å². The van der Waals surface area contributed by atoms with Gasteiger partial charge in [-0.25, -0.2) is 0 Å². The molecule has 56 heavy (non-hydrogen) atoms. The van der Waals surface area contributed by atoms with Crippen LogP contribution in [0.5, 0.6) is 0 Å². The minimum Gasteiger partial charge on any atom is -0.0499 e. The highest BCUT2D eigenvalue weighted by molar-refractivity contribution is 6.35. The molecule has 8 fully saturated rings. The molecule has 16 bridgehead atoms. The second-order valence-corrected chi connectivity index (χ2v) is 24.4. The molecule has 0 aromatic heterocycles. The predicted molar refractivity (Wildman–Crippen MR) is 230 cm³/mol. The maximum atomic E-state index is 2.98. The fourth-order valence-corrected chi connectivity index (χ4v) is 20.8. The van der Waals surface area contributed by atoms with Crippen molar-refractivity contribution in [2.45, 2.75) is 176 Å². The zero-order chi connectivity index (χ0) is 35.4. The zero-order valence-electron chi connectivity index (χ0n) is 33.7. The average molecular weight is 733 g/mol. The molecule has 8 atom stereocenters. The van der Waals surface area contributed by atoms with E-state index in [2.05, 4.69) is 24.3 Å². The van der Waals surface area contributed by atoms with Crippen molar-refractivity contribution in [3.05, 3.63) is 68.8 Å². The molecule has 0 radical (unpaired) electrons. The molecule has 0 heteroatoms. The first-order valence-corrected chi connectivity index (χ1v) is 24.9. The van der Waals surface area contributed by atoms with Gasteiger partial charge in [0.15, 0.2) is 0 Å². The highest BCUT2D eigenvalue weighted by atomic mass is 14.5. The molecule has 0 aliphatic heterocycles. The smallest absolute Gasteiger partial charge is 0.00202 e. The molecule has 0 nitrogen and oxygen atoms in total. The summed E-state index contributed by atoms with van der Waals surface area (Å²) >= 11 is 0. The molecular formula is C56H60. The van der Waals surface area contributed by atoms with Gasteiger partial charge in [-0.3, -0.25) is 0 Å². The first kappa shape index (κ1) is 30.4. The number of benzene rings is 5. The van der Waals surface area contributed by atoms with E-state index in [-0.39, 0.29) is 0 Å². The Balaban J connectivity index is 1.10. The van der Waals surface area contributed by atoms with Gasteiger partial charge in [0.2, 0.25) is 0 Å². The maximum absolute atomic E-state index is 2.98. The van der Waals surface area contributed by atoms with Gasteiger partial charge in [-0.2, -0.15) is 0 Å². The molecule has 5 aromatic rings. The van der Waals surface area contributed by atoms with Crippen molar-refractivity contribution in [3.8, 4) is 0 Å². The lowest BCUT2D eigenvalue weighted by Crippen LogP contribution is -2.26. The minimum atomic E-state index is 0.807. The van der Waals surface area contributed by atoms with E-state index < -0.39 is 0 Å². The molecule has 0 N–H and O–H groups in total. The summed E-state index contributed by atoms with van der Waals surface area (Å²) in [5, 5.41) is 14.4. The monoisotopic (exact) mass is 732 g/mol. The van der Waals surface area contributed by atoms with Crippen molar-refractivity contribution in [1.82, 2.24) is 0 Å². The van der Waals surface area contributed by atoms with Gasteiger partial charge in [0.05, 0.1) is 0 Å². The first-order valence-electron chi connectivity index (χ1n) is 24.9. The van der Waals surface area contributed by atoms with Crippen molar-refractivity contribution >= 4 is 43.1 Å². The van der Waals surface area contributed by atoms with E-state index >= 15 is 0 Å². The zero-order valence-corrected chi connectivity index (χ0v) is 33.7. The van der Waals surface area contributed by atoms with Crippen LogP contribution in [0.3, 0.4) is 0 Å². The van der Waals surface area contributed by atoms with Gasteiger partial charge < -0.3 is 0 Å². The van der Waals surface area contributed by atoms with Gasteiger partial charge in [-0.1, -0.05) is 0 Å². The molecule has 0 saturated heterocycles. The number of hydrogen-bond donors (Lipinski definition) is 0. The maximum Gasteiger partial charge on any atom is -0.00202 e. The van der Waals surface area contributed by atoms with Crippen LogP contribution in [0.2, 0.25) is 0 Å². The predicted octanol–water partition coefficient (Wildman–Crippen LogP) is 15.3. The van der Waals surface area contributed by atoms with E-state index in [1.807, 2.05) is 55.3 Å². The SMILES string of the molecule is c1c2c(c3c4c(cc5c6cc7c(c8c9c(cc(c1c35)c86)C1CC3CC(C1)CC9C3)C1CC3CC(CC7C3)C1)C1CC3CC(C1)CC4C3)C1CC3CC(CC2C3)C1. The van der Waals surface area contributed by atoms with Crippen molar-refractivity contribution in [3.63, 3.8) is 0 Å². The van der Waals surface area contributed by atoms with Crippen LogP contribution in [0.4, 0.5) is 0 Å². The third-order valence-corrected chi connectivity index (χ3v) is 21.6. The summed E-state index contributed by atoms with van der Waals surface area (Å²) < 4.78 is 0.